The van der Waals surface area contributed by atoms with Gasteiger partial charge in [0, 0.05) is 18.8 Å². The van der Waals surface area contributed by atoms with Crippen molar-refractivity contribution in [1.29, 1.82) is 0 Å². The monoisotopic (exact) mass is 390 g/mol. The highest BCUT2D eigenvalue weighted by molar-refractivity contribution is 5.83. The summed E-state index contributed by atoms with van der Waals surface area (Å²) in [6, 6.07) is 0. The Morgan fingerprint density at radius 2 is 1.79 bits per heavy atom. The molecule has 0 amide bonds. The van der Waals surface area contributed by atoms with Gasteiger partial charge in [0.2, 0.25) is 0 Å². The molecule has 0 unspecified atom stereocenters. The lowest BCUT2D eigenvalue weighted by Gasteiger charge is -2.60. The van der Waals surface area contributed by atoms with E-state index < -0.39 is 5.97 Å². The average Bonchev–Trinajstić information content (AvgIpc) is 2.98. The molecule has 4 fully saturated rings. The molecule has 28 heavy (non-hydrogen) atoms. The Morgan fingerprint density at radius 3 is 2.50 bits per heavy atom. The maximum atomic E-state index is 13.3. The van der Waals surface area contributed by atoms with E-state index >= 15 is 0 Å². The summed E-state index contributed by atoms with van der Waals surface area (Å²) in [5, 5.41) is 19.3. The zero-order chi connectivity index (χ0) is 20.3. The smallest absolute Gasteiger partial charge is 0.303 e. The molecule has 4 heteroatoms. The number of aliphatic carboxylic acids is 1. The fourth-order valence-electron chi connectivity index (χ4n) is 8.44. The Labute approximate surface area is 169 Å². The van der Waals surface area contributed by atoms with Crippen LogP contribution in [0.1, 0.15) is 85.0 Å². The van der Waals surface area contributed by atoms with Gasteiger partial charge in [-0.2, -0.15) is 0 Å². The van der Waals surface area contributed by atoms with Gasteiger partial charge in [-0.1, -0.05) is 20.8 Å². The second-order valence-electron chi connectivity index (χ2n) is 11.2. The minimum absolute atomic E-state index is 0.187. The first-order valence-corrected chi connectivity index (χ1v) is 11.6. The number of carboxylic acid groups (broad SMARTS) is 1. The third kappa shape index (κ3) is 3.05. The van der Waals surface area contributed by atoms with E-state index in [2.05, 4.69) is 20.8 Å². The number of Topliss-reactive ketones (excluding diaryl/α,β-unsaturated/α-hetero) is 1. The van der Waals surface area contributed by atoms with E-state index in [-0.39, 0.29) is 29.3 Å². The van der Waals surface area contributed by atoms with Crippen LogP contribution in [0.25, 0.3) is 0 Å². The van der Waals surface area contributed by atoms with E-state index in [1.165, 1.54) is 6.42 Å². The Morgan fingerprint density at radius 1 is 1.11 bits per heavy atom. The number of hydrogen-bond acceptors (Lipinski definition) is 3. The number of fused-ring (bicyclic) bond motifs is 5. The molecule has 0 heterocycles. The van der Waals surface area contributed by atoms with Crippen molar-refractivity contribution in [3.8, 4) is 0 Å². The lowest BCUT2D eigenvalue weighted by molar-refractivity contribution is -0.160. The Hall–Kier alpha value is -0.900. The summed E-state index contributed by atoms with van der Waals surface area (Å²) >= 11 is 0. The molecular formula is C24H38O4. The molecule has 2 N–H and O–H groups in total. The lowest BCUT2D eigenvalue weighted by Crippen LogP contribution is -2.57. The predicted octanol–water partition coefficient (Wildman–Crippen LogP) is 4.69. The van der Waals surface area contributed by atoms with Crippen LogP contribution in [0.4, 0.5) is 0 Å². The topological polar surface area (TPSA) is 74.6 Å². The molecule has 0 aliphatic heterocycles. The Kier molecular flexibility index (Phi) is 5.17. The fraction of sp³-hybridized carbons (Fsp3) is 0.917. The normalized spacial score (nSPS) is 49.1. The molecule has 0 spiro atoms. The standard InChI is InChI=1S/C24H38O4/c1-14(4-7-21(27)28)17-5-6-18-22-19(9-11-24(17,18)3)23(2)10-8-16(25)12-15(23)13-20(22)26/h14-19,22,25H,4-13H2,1-3H3,(H,27,28)/t14-,15+,16-,17-,18+,19+,22+,23+,24+/m1/s1. The van der Waals surface area contributed by atoms with Gasteiger partial charge >= 0.3 is 5.97 Å². The predicted molar refractivity (Wildman–Crippen MR) is 108 cm³/mol. The summed E-state index contributed by atoms with van der Waals surface area (Å²) in [6.07, 6.45) is 8.81. The maximum absolute atomic E-state index is 13.3. The number of carbonyl (C=O) groups excluding carboxylic acids is 1. The van der Waals surface area contributed by atoms with Gasteiger partial charge in [0.1, 0.15) is 5.78 Å². The molecule has 158 valence electrons. The van der Waals surface area contributed by atoms with Crippen molar-refractivity contribution in [2.45, 2.75) is 91.1 Å². The van der Waals surface area contributed by atoms with Crippen LogP contribution in [0, 0.1) is 46.3 Å². The van der Waals surface area contributed by atoms with Crippen molar-refractivity contribution < 1.29 is 19.8 Å². The Balaban J connectivity index is 1.56. The lowest BCUT2D eigenvalue weighted by atomic mass is 9.44. The molecule has 4 aliphatic rings. The molecule has 0 aromatic carbocycles. The van der Waals surface area contributed by atoms with Crippen LogP contribution in [0.3, 0.4) is 0 Å². The summed E-state index contributed by atoms with van der Waals surface area (Å²) in [7, 11) is 0. The van der Waals surface area contributed by atoms with Crippen molar-refractivity contribution in [3.05, 3.63) is 0 Å². The zero-order valence-electron chi connectivity index (χ0n) is 17.8. The number of carbonyl (C=O) groups is 2. The van der Waals surface area contributed by atoms with Crippen LogP contribution in [0.15, 0.2) is 0 Å². The van der Waals surface area contributed by atoms with Gasteiger partial charge in [0.25, 0.3) is 0 Å². The van der Waals surface area contributed by atoms with Crippen LogP contribution in [0.5, 0.6) is 0 Å². The molecule has 0 aromatic heterocycles. The fourth-order valence-corrected chi connectivity index (χ4v) is 8.44. The van der Waals surface area contributed by atoms with Crippen molar-refractivity contribution >= 4 is 11.8 Å². The highest BCUT2D eigenvalue weighted by atomic mass is 16.4. The van der Waals surface area contributed by atoms with E-state index in [4.69, 9.17) is 5.11 Å². The quantitative estimate of drug-likeness (QED) is 0.730. The molecule has 0 radical (unpaired) electrons. The van der Waals surface area contributed by atoms with Gasteiger partial charge in [-0.25, -0.2) is 0 Å². The van der Waals surface area contributed by atoms with E-state index in [1.54, 1.807) is 0 Å². The number of aliphatic hydroxyl groups is 1. The van der Waals surface area contributed by atoms with Gasteiger partial charge in [-0.15, -0.1) is 0 Å². The molecule has 4 saturated carbocycles. The van der Waals surface area contributed by atoms with Crippen LogP contribution in [0.2, 0.25) is 0 Å². The van der Waals surface area contributed by atoms with Crippen LogP contribution >= 0.6 is 0 Å². The first kappa shape index (κ1) is 20.4. The first-order chi connectivity index (χ1) is 13.2. The van der Waals surface area contributed by atoms with Gasteiger partial charge in [-0.3, -0.25) is 9.59 Å². The first-order valence-electron chi connectivity index (χ1n) is 11.6. The van der Waals surface area contributed by atoms with Crippen molar-refractivity contribution in [3.63, 3.8) is 0 Å². The maximum Gasteiger partial charge on any atom is 0.303 e. The number of aliphatic hydroxyl groups excluding tert-OH is 1. The van der Waals surface area contributed by atoms with Gasteiger partial charge < -0.3 is 10.2 Å². The summed E-state index contributed by atoms with van der Waals surface area (Å²) in [5.74, 6) is 2.25. The summed E-state index contributed by atoms with van der Waals surface area (Å²) in [4.78, 5) is 24.4. The molecule has 9 atom stereocenters. The molecule has 4 aliphatic carbocycles. The highest BCUT2D eigenvalue weighted by Crippen LogP contribution is 2.67. The van der Waals surface area contributed by atoms with Gasteiger partial charge in [0.15, 0.2) is 0 Å². The molecule has 4 rings (SSSR count). The third-order valence-corrected chi connectivity index (χ3v) is 10.0. The van der Waals surface area contributed by atoms with E-state index in [1.807, 2.05) is 0 Å². The van der Waals surface area contributed by atoms with Gasteiger partial charge in [0.05, 0.1) is 6.10 Å². The molecule has 0 saturated heterocycles. The number of carboxylic acids is 1. The van der Waals surface area contributed by atoms with Crippen molar-refractivity contribution in [2.75, 3.05) is 0 Å². The Bertz CT molecular complexity index is 645. The number of hydrogen-bond donors (Lipinski definition) is 2. The van der Waals surface area contributed by atoms with Crippen molar-refractivity contribution in [2.24, 2.45) is 46.3 Å². The van der Waals surface area contributed by atoms with E-state index in [9.17, 15) is 14.7 Å². The average molecular weight is 391 g/mol. The molecule has 0 bridgehead atoms. The van der Waals surface area contributed by atoms with Crippen LogP contribution in [-0.4, -0.2) is 28.1 Å². The summed E-state index contributed by atoms with van der Waals surface area (Å²) < 4.78 is 0. The minimum Gasteiger partial charge on any atom is -0.481 e. The van der Waals surface area contributed by atoms with Crippen molar-refractivity contribution in [1.82, 2.24) is 0 Å². The van der Waals surface area contributed by atoms with Gasteiger partial charge in [-0.05, 0) is 91.8 Å². The number of ketones is 1. The largest absolute Gasteiger partial charge is 0.481 e. The summed E-state index contributed by atoms with van der Waals surface area (Å²) in [6.45, 7) is 7.06. The molecule has 4 nitrogen and oxygen atoms in total. The van der Waals surface area contributed by atoms with E-state index in [0.717, 1.165) is 44.9 Å². The number of rotatable bonds is 4. The SMILES string of the molecule is C[C@H](CCC(=O)O)[C@H]1CC[C@H]2[C@@H]3C(=O)C[C@@H]4C[C@H](O)CC[C@]4(C)[C@H]3CC[C@@]12C. The molecule has 0 aromatic rings. The zero-order valence-corrected chi connectivity index (χ0v) is 17.8. The van der Waals surface area contributed by atoms with Crippen LogP contribution < -0.4 is 0 Å². The van der Waals surface area contributed by atoms with E-state index in [0.29, 0.717) is 41.8 Å². The molecular weight excluding hydrogens is 352 g/mol. The minimum atomic E-state index is -0.698. The highest BCUT2D eigenvalue weighted by Gasteiger charge is 2.62. The second-order valence-corrected chi connectivity index (χ2v) is 11.2. The van der Waals surface area contributed by atoms with Crippen LogP contribution in [-0.2, 0) is 9.59 Å². The third-order valence-electron chi connectivity index (χ3n) is 10.0. The summed E-state index contributed by atoms with van der Waals surface area (Å²) in [5.41, 5.74) is 0.401. The second kappa shape index (κ2) is 7.11.